The predicted molar refractivity (Wildman–Crippen MR) is 46.1 cm³/mol. The molecule has 1 unspecified atom stereocenters. The summed E-state index contributed by atoms with van der Waals surface area (Å²) in [5.41, 5.74) is 0. The molecule has 0 aromatic carbocycles. The average Bonchev–Trinajstić information content (AvgIpc) is 2.06. The first kappa shape index (κ1) is 14.1. The second-order valence-corrected chi connectivity index (χ2v) is 2.42. The lowest BCUT2D eigenvalue weighted by Crippen LogP contribution is -2.21. The minimum absolute atomic E-state index is 0.0911. The normalized spacial score (nSPS) is 9.42. The van der Waals surface area contributed by atoms with E-state index in [1.165, 1.54) is 7.11 Å². The summed E-state index contributed by atoms with van der Waals surface area (Å²) < 4.78 is 13.1. The van der Waals surface area contributed by atoms with Crippen LogP contribution < -0.4 is 5.32 Å². The maximum atomic E-state index is 10.2. The van der Waals surface area contributed by atoms with E-state index in [0.717, 1.165) is 0 Å². The van der Waals surface area contributed by atoms with Crippen LogP contribution >= 0.6 is 8.25 Å². The molecule has 68 valence electrons. The van der Waals surface area contributed by atoms with Crippen molar-refractivity contribution in [2.24, 2.45) is 0 Å². The largest absolute Gasteiger partial charge is 0.694 e. The predicted octanol–water partition coefficient (Wildman–Crippen LogP) is -0.00820. The van der Waals surface area contributed by atoms with Gasteiger partial charge in [0.05, 0.1) is 15.0 Å². The SMILES string of the molecule is CO[P+](=O)O.[B]CC(=O)NCC. The van der Waals surface area contributed by atoms with Crippen LogP contribution in [-0.2, 0) is 13.9 Å². The zero-order valence-corrected chi connectivity index (χ0v) is 8.01. The highest BCUT2D eigenvalue weighted by Crippen LogP contribution is 2.09. The molecule has 0 saturated heterocycles. The Morgan fingerprint density at radius 1 is 1.75 bits per heavy atom. The van der Waals surface area contributed by atoms with E-state index in [1.54, 1.807) is 0 Å². The molecule has 12 heavy (non-hydrogen) atoms. The van der Waals surface area contributed by atoms with E-state index in [1.807, 2.05) is 6.92 Å². The van der Waals surface area contributed by atoms with Crippen molar-refractivity contribution >= 4 is 22.0 Å². The average molecular weight is 192 g/mol. The summed E-state index contributed by atoms with van der Waals surface area (Å²) in [6.07, 6.45) is 0.0911. The maximum Gasteiger partial charge on any atom is 0.694 e. The minimum Gasteiger partial charge on any atom is -0.357 e. The van der Waals surface area contributed by atoms with Gasteiger partial charge in [0.15, 0.2) is 0 Å². The summed E-state index contributed by atoms with van der Waals surface area (Å²) in [5, 5.41) is 2.53. The zero-order valence-electron chi connectivity index (χ0n) is 7.11. The fourth-order valence-electron chi connectivity index (χ4n) is 0.269. The van der Waals surface area contributed by atoms with E-state index in [9.17, 15) is 9.36 Å². The molecule has 1 atom stereocenters. The summed E-state index contributed by atoms with van der Waals surface area (Å²) in [6, 6.07) is 0. The van der Waals surface area contributed by atoms with Crippen molar-refractivity contribution in [3.63, 3.8) is 0 Å². The first-order valence-electron chi connectivity index (χ1n) is 3.25. The number of carbonyl (C=O) groups excluding carboxylic acids is 1. The van der Waals surface area contributed by atoms with E-state index in [-0.39, 0.29) is 12.2 Å². The monoisotopic (exact) mass is 192 g/mol. The number of hydrogen-bond acceptors (Lipinski definition) is 3. The molecule has 0 aliphatic carbocycles. The Morgan fingerprint density at radius 2 is 2.17 bits per heavy atom. The highest BCUT2D eigenvalue weighted by atomic mass is 31.1. The Labute approximate surface area is 73.9 Å². The van der Waals surface area contributed by atoms with E-state index < -0.39 is 8.25 Å². The van der Waals surface area contributed by atoms with Gasteiger partial charge in [-0.1, -0.05) is 0 Å². The number of rotatable bonds is 3. The summed E-state index contributed by atoms with van der Waals surface area (Å²) in [4.78, 5) is 17.8. The molecule has 5 nitrogen and oxygen atoms in total. The van der Waals surface area contributed by atoms with Crippen molar-refractivity contribution in [1.82, 2.24) is 5.32 Å². The van der Waals surface area contributed by atoms with E-state index >= 15 is 0 Å². The lowest BCUT2D eigenvalue weighted by Gasteiger charge is -1.93. The molecule has 0 aliphatic heterocycles. The molecule has 0 aromatic rings. The number of hydrogen-bond donors (Lipinski definition) is 2. The minimum atomic E-state index is -2.35. The molecular weight excluding hydrogens is 180 g/mol. The van der Waals surface area contributed by atoms with Crippen molar-refractivity contribution in [3.05, 3.63) is 0 Å². The summed E-state index contributed by atoms with van der Waals surface area (Å²) >= 11 is 0. The summed E-state index contributed by atoms with van der Waals surface area (Å²) in [6.45, 7) is 2.52. The third-order valence-electron chi connectivity index (χ3n) is 0.716. The molecule has 1 amide bonds. The van der Waals surface area contributed by atoms with Crippen molar-refractivity contribution in [2.45, 2.75) is 13.2 Å². The molecule has 0 bridgehead atoms. The van der Waals surface area contributed by atoms with Crippen LogP contribution in [0.1, 0.15) is 6.92 Å². The van der Waals surface area contributed by atoms with E-state index in [4.69, 9.17) is 12.7 Å². The van der Waals surface area contributed by atoms with Crippen molar-refractivity contribution in [3.8, 4) is 0 Å². The van der Waals surface area contributed by atoms with Gasteiger partial charge in [0, 0.05) is 11.1 Å². The third-order valence-corrected chi connectivity index (χ3v) is 1.03. The van der Waals surface area contributed by atoms with Crippen LogP contribution in [0.4, 0.5) is 0 Å². The lowest BCUT2D eigenvalue weighted by atomic mass is 10.1. The molecule has 0 aromatic heterocycles. The van der Waals surface area contributed by atoms with Gasteiger partial charge >= 0.3 is 8.25 Å². The van der Waals surface area contributed by atoms with Gasteiger partial charge in [-0.3, -0.25) is 4.79 Å². The standard InChI is InChI=1S/C4H8BNO.CH3O3P/c1-2-6-4(7)3-5;1-4-5(2)3/h2-3H2,1H3,(H,6,7);1H3/p+1. The van der Waals surface area contributed by atoms with Crippen LogP contribution in [0, 0.1) is 0 Å². The van der Waals surface area contributed by atoms with Gasteiger partial charge in [0.25, 0.3) is 0 Å². The second kappa shape index (κ2) is 10.6. The molecule has 2 N–H and O–H groups in total. The van der Waals surface area contributed by atoms with Gasteiger partial charge < -0.3 is 5.32 Å². The van der Waals surface area contributed by atoms with Crippen LogP contribution in [0.3, 0.4) is 0 Å². The molecule has 0 spiro atoms. The van der Waals surface area contributed by atoms with E-state index in [2.05, 4.69) is 9.84 Å². The smallest absolute Gasteiger partial charge is 0.357 e. The molecular formula is C5H12BNO4P+. The van der Waals surface area contributed by atoms with Crippen LogP contribution in [0.2, 0.25) is 6.32 Å². The van der Waals surface area contributed by atoms with Gasteiger partial charge in [0.2, 0.25) is 5.91 Å². The van der Waals surface area contributed by atoms with Gasteiger partial charge in [-0.15, -0.1) is 9.42 Å². The zero-order chi connectivity index (χ0) is 9.98. The van der Waals surface area contributed by atoms with E-state index in [0.29, 0.717) is 6.54 Å². The third kappa shape index (κ3) is 16.3. The van der Waals surface area contributed by atoms with Crippen LogP contribution in [-0.4, -0.2) is 32.3 Å². The highest BCUT2D eigenvalue weighted by molar-refractivity contribution is 7.32. The first-order valence-corrected chi connectivity index (χ1v) is 4.38. The quantitative estimate of drug-likeness (QED) is 0.487. The Balaban J connectivity index is 0. The number of nitrogens with one attached hydrogen (secondary N) is 1. The van der Waals surface area contributed by atoms with Crippen molar-refractivity contribution in [1.29, 1.82) is 0 Å². The fourth-order valence-corrected chi connectivity index (χ4v) is 0.269. The topological polar surface area (TPSA) is 75.6 Å². The van der Waals surface area contributed by atoms with Crippen molar-refractivity contribution in [2.75, 3.05) is 13.7 Å². The van der Waals surface area contributed by atoms with Gasteiger partial charge in [-0.25, -0.2) is 0 Å². The molecule has 0 aliphatic rings. The van der Waals surface area contributed by atoms with Crippen LogP contribution in [0.15, 0.2) is 0 Å². The maximum absolute atomic E-state index is 10.2. The Hall–Kier alpha value is -0.445. The molecule has 0 heterocycles. The van der Waals surface area contributed by atoms with Gasteiger partial charge in [-0.05, 0) is 13.2 Å². The second-order valence-electron chi connectivity index (χ2n) is 1.58. The first-order chi connectivity index (χ1) is 5.58. The molecule has 2 radical (unpaired) electrons. The Bertz CT molecular complexity index is 143. The molecule has 0 fully saturated rings. The van der Waals surface area contributed by atoms with Crippen molar-refractivity contribution < 1.29 is 18.8 Å². The van der Waals surface area contributed by atoms with Crippen LogP contribution in [0.25, 0.3) is 0 Å². The highest BCUT2D eigenvalue weighted by Gasteiger charge is 2.02. The molecule has 7 heteroatoms. The summed E-state index contributed by atoms with van der Waals surface area (Å²) in [7, 11) is 3.76. The van der Waals surface area contributed by atoms with Gasteiger partial charge in [0.1, 0.15) is 0 Å². The Morgan fingerprint density at radius 3 is 2.25 bits per heavy atom. The number of carbonyl (C=O) groups is 1. The fraction of sp³-hybridized carbons (Fsp3) is 0.800. The molecule has 0 rings (SSSR count). The van der Waals surface area contributed by atoms with Gasteiger partial charge in [-0.2, -0.15) is 0 Å². The summed E-state index contributed by atoms with van der Waals surface area (Å²) in [5.74, 6) is -0.0949. The lowest BCUT2D eigenvalue weighted by molar-refractivity contribution is -0.118. The Kier molecular flexibility index (Phi) is 12.4. The number of amides is 1. The molecule has 0 saturated carbocycles. The van der Waals surface area contributed by atoms with Crippen LogP contribution in [0.5, 0.6) is 0 Å².